The van der Waals surface area contributed by atoms with Gasteiger partial charge in [-0.2, -0.15) is 4.31 Å². The van der Waals surface area contributed by atoms with Gasteiger partial charge in [-0.3, -0.25) is 9.69 Å². The van der Waals surface area contributed by atoms with Crippen LogP contribution in [0, 0.1) is 0 Å². The minimum Gasteiger partial charge on any atom is -0.381 e. The van der Waals surface area contributed by atoms with Gasteiger partial charge in [0.1, 0.15) is 0 Å². The number of nitrogens with zero attached hydrogens (tertiary/aromatic N) is 2. The predicted octanol–water partition coefficient (Wildman–Crippen LogP) is 0.262. The molecule has 12 heteroatoms. The Kier molecular flexibility index (Phi) is 7.13. The lowest BCUT2D eigenvalue weighted by Crippen LogP contribution is -2.40. The van der Waals surface area contributed by atoms with Gasteiger partial charge in [-0.25, -0.2) is 13.2 Å². The summed E-state index contributed by atoms with van der Waals surface area (Å²) in [6, 6.07) is 4.36. The van der Waals surface area contributed by atoms with Gasteiger partial charge in [0.25, 0.3) is 0 Å². The Hall–Kier alpha value is -2.41. The third kappa shape index (κ3) is 5.14. The fourth-order valence-electron chi connectivity index (χ4n) is 3.93. The standard InChI is InChI=1S/C20H29N5O6S/c26-19(25-6-5-21-20(25)27)14-23-18-12-16(32(28,29)24-7-10-30-11-8-24)3-4-17(18)22-13-15-2-1-9-31-15/h3-4,12,15,22-23H,1-2,5-11,13-14H2,(H,21,27). The van der Waals surface area contributed by atoms with Crippen molar-refractivity contribution in [1.29, 1.82) is 0 Å². The third-order valence-corrected chi connectivity index (χ3v) is 7.63. The van der Waals surface area contributed by atoms with Gasteiger partial charge < -0.3 is 25.4 Å². The topological polar surface area (TPSA) is 129 Å². The Morgan fingerprint density at radius 1 is 1.12 bits per heavy atom. The quantitative estimate of drug-likeness (QED) is 0.497. The summed E-state index contributed by atoms with van der Waals surface area (Å²) in [5.41, 5.74) is 1.14. The number of benzene rings is 1. The van der Waals surface area contributed by atoms with Crippen LogP contribution >= 0.6 is 0 Å². The molecule has 3 heterocycles. The van der Waals surface area contributed by atoms with E-state index in [0.717, 1.165) is 24.3 Å². The van der Waals surface area contributed by atoms with Crippen molar-refractivity contribution >= 4 is 33.3 Å². The average Bonchev–Trinajstić information content (AvgIpc) is 3.48. The molecule has 1 aromatic rings. The maximum absolute atomic E-state index is 13.1. The Balaban J connectivity index is 1.52. The number of hydrogen-bond donors (Lipinski definition) is 3. The van der Waals surface area contributed by atoms with Crippen LogP contribution in [0.2, 0.25) is 0 Å². The molecule has 1 aromatic carbocycles. The Bertz CT molecular complexity index is 944. The number of ether oxygens (including phenoxy) is 2. The zero-order chi connectivity index (χ0) is 22.6. The predicted molar refractivity (Wildman–Crippen MR) is 117 cm³/mol. The number of hydrogen-bond acceptors (Lipinski definition) is 8. The molecular formula is C20H29N5O6S. The molecule has 3 aliphatic rings. The maximum atomic E-state index is 13.1. The van der Waals surface area contributed by atoms with Gasteiger partial charge in [-0.05, 0) is 31.0 Å². The van der Waals surface area contributed by atoms with Gasteiger partial charge in [0.15, 0.2) is 0 Å². The number of anilines is 2. The lowest BCUT2D eigenvalue weighted by Gasteiger charge is -2.26. The molecule has 1 unspecified atom stereocenters. The highest BCUT2D eigenvalue weighted by molar-refractivity contribution is 7.89. The molecule has 0 spiro atoms. The molecule has 11 nitrogen and oxygen atoms in total. The number of carbonyl (C=O) groups is 2. The molecule has 3 saturated heterocycles. The highest BCUT2D eigenvalue weighted by atomic mass is 32.2. The smallest absolute Gasteiger partial charge is 0.324 e. The first-order chi connectivity index (χ1) is 15.4. The van der Waals surface area contributed by atoms with E-state index >= 15 is 0 Å². The number of imide groups is 1. The first-order valence-electron chi connectivity index (χ1n) is 10.8. The summed E-state index contributed by atoms with van der Waals surface area (Å²) in [6.07, 6.45) is 2.07. The number of amides is 3. The van der Waals surface area contributed by atoms with Gasteiger partial charge in [0.2, 0.25) is 15.9 Å². The molecular weight excluding hydrogens is 438 g/mol. The average molecular weight is 468 g/mol. The molecule has 3 aliphatic heterocycles. The van der Waals surface area contributed by atoms with Crippen molar-refractivity contribution in [2.75, 3.05) is 69.7 Å². The summed E-state index contributed by atoms with van der Waals surface area (Å²) in [4.78, 5) is 25.5. The van der Waals surface area contributed by atoms with Crippen LogP contribution < -0.4 is 16.0 Å². The van der Waals surface area contributed by atoms with E-state index in [1.54, 1.807) is 12.1 Å². The zero-order valence-electron chi connectivity index (χ0n) is 17.8. The molecule has 1 atom stereocenters. The summed E-state index contributed by atoms with van der Waals surface area (Å²) in [5.74, 6) is -0.383. The van der Waals surface area contributed by atoms with Crippen LogP contribution in [-0.2, 0) is 24.3 Å². The summed E-state index contributed by atoms with van der Waals surface area (Å²) in [6.45, 7) is 3.23. The molecule has 3 amide bonds. The van der Waals surface area contributed by atoms with Gasteiger partial charge in [-0.1, -0.05) is 0 Å². The first kappa shape index (κ1) is 22.8. The third-order valence-electron chi connectivity index (χ3n) is 5.73. The van der Waals surface area contributed by atoms with Crippen LogP contribution in [0.3, 0.4) is 0 Å². The van der Waals surface area contributed by atoms with Gasteiger partial charge in [0.05, 0.1) is 42.1 Å². The van der Waals surface area contributed by atoms with Gasteiger partial charge in [0, 0.05) is 39.3 Å². The Morgan fingerprint density at radius 3 is 2.62 bits per heavy atom. The molecule has 4 rings (SSSR count). The second kappa shape index (κ2) is 10.0. The van der Waals surface area contributed by atoms with Crippen LogP contribution in [-0.4, -0.2) is 94.8 Å². The summed E-state index contributed by atoms with van der Waals surface area (Å²) >= 11 is 0. The van der Waals surface area contributed by atoms with Crippen LogP contribution in [0.25, 0.3) is 0 Å². The van der Waals surface area contributed by atoms with Crippen molar-refractivity contribution < 1.29 is 27.5 Å². The summed E-state index contributed by atoms with van der Waals surface area (Å²) in [5, 5.41) is 8.91. The highest BCUT2D eigenvalue weighted by Gasteiger charge is 2.28. The molecule has 0 aromatic heterocycles. The number of sulfonamides is 1. The van der Waals surface area contributed by atoms with E-state index in [4.69, 9.17) is 9.47 Å². The zero-order valence-corrected chi connectivity index (χ0v) is 18.7. The van der Waals surface area contributed by atoms with Gasteiger partial charge >= 0.3 is 6.03 Å². The van der Waals surface area contributed by atoms with Crippen molar-refractivity contribution in [3.63, 3.8) is 0 Å². The van der Waals surface area contributed by atoms with Crippen molar-refractivity contribution in [3.05, 3.63) is 18.2 Å². The van der Waals surface area contributed by atoms with Crippen molar-refractivity contribution in [1.82, 2.24) is 14.5 Å². The van der Waals surface area contributed by atoms with Gasteiger partial charge in [-0.15, -0.1) is 0 Å². The Morgan fingerprint density at radius 2 is 1.94 bits per heavy atom. The van der Waals surface area contributed by atoms with Crippen molar-refractivity contribution in [3.8, 4) is 0 Å². The maximum Gasteiger partial charge on any atom is 0.324 e. The lowest BCUT2D eigenvalue weighted by atomic mass is 10.2. The fourth-order valence-corrected chi connectivity index (χ4v) is 5.36. The second-order valence-electron chi connectivity index (χ2n) is 7.87. The molecule has 0 bridgehead atoms. The van der Waals surface area contributed by atoms with E-state index in [2.05, 4.69) is 16.0 Å². The van der Waals surface area contributed by atoms with Crippen LogP contribution in [0.15, 0.2) is 23.1 Å². The molecule has 3 N–H and O–H groups in total. The fraction of sp³-hybridized carbons (Fsp3) is 0.600. The SMILES string of the molecule is O=C(CNc1cc(S(=O)(=O)N2CCOCC2)ccc1NCC1CCCO1)N1CCNC1=O. The van der Waals surface area contributed by atoms with Crippen molar-refractivity contribution in [2.24, 2.45) is 0 Å². The molecule has 0 saturated carbocycles. The first-order valence-corrected chi connectivity index (χ1v) is 12.3. The van der Waals surface area contributed by atoms with E-state index in [9.17, 15) is 18.0 Å². The highest BCUT2D eigenvalue weighted by Crippen LogP contribution is 2.28. The molecule has 3 fully saturated rings. The van der Waals surface area contributed by atoms with Crippen LogP contribution in [0.4, 0.5) is 16.2 Å². The normalized spacial score (nSPS) is 22.1. The number of urea groups is 1. The van der Waals surface area contributed by atoms with E-state index in [-0.39, 0.29) is 23.5 Å². The molecule has 176 valence electrons. The lowest BCUT2D eigenvalue weighted by molar-refractivity contribution is -0.125. The van der Waals surface area contributed by atoms with E-state index in [1.807, 2.05) is 0 Å². The van der Waals surface area contributed by atoms with E-state index in [1.165, 1.54) is 10.4 Å². The largest absolute Gasteiger partial charge is 0.381 e. The summed E-state index contributed by atoms with van der Waals surface area (Å²) < 4.78 is 38.5. The molecule has 0 aliphatic carbocycles. The van der Waals surface area contributed by atoms with E-state index < -0.39 is 16.1 Å². The number of morpholine rings is 1. The van der Waals surface area contributed by atoms with Crippen LogP contribution in [0.5, 0.6) is 0 Å². The second-order valence-corrected chi connectivity index (χ2v) is 9.81. The monoisotopic (exact) mass is 467 g/mol. The molecule has 32 heavy (non-hydrogen) atoms. The minimum atomic E-state index is -3.69. The number of nitrogens with one attached hydrogen (secondary N) is 3. The number of rotatable bonds is 8. The van der Waals surface area contributed by atoms with Crippen molar-refractivity contribution in [2.45, 2.75) is 23.8 Å². The van der Waals surface area contributed by atoms with E-state index in [0.29, 0.717) is 57.3 Å². The van der Waals surface area contributed by atoms with Crippen LogP contribution in [0.1, 0.15) is 12.8 Å². The number of carbonyl (C=O) groups excluding carboxylic acids is 2. The summed E-state index contributed by atoms with van der Waals surface area (Å²) in [7, 11) is -3.69. The molecule has 0 radical (unpaired) electrons. The minimum absolute atomic E-state index is 0.0922. The Labute approximate surface area is 187 Å².